The molecule has 2 aliphatic rings. The van der Waals surface area contributed by atoms with Crippen molar-refractivity contribution in [3.05, 3.63) is 11.7 Å². The number of carbonyl (C=O) groups is 2. The lowest BCUT2D eigenvalue weighted by Gasteiger charge is -2.33. The second-order valence-corrected chi connectivity index (χ2v) is 6.70. The molecule has 132 valence electrons. The maximum absolute atomic E-state index is 12.6. The molecule has 1 atom stereocenters. The molecule has 2 fully saturated rings. The van der Waals surface area contributed by atoms with E-state index in [4.69, 9.17) is 4.52 Å². The van der Waals surface area contributed by atoms with E-state index in [1.165, 1.54) is 0 Å². The molecule has 1 aromatic rings. The highest BCUT2D eigenvalue weighted by Gasteiger charge is 2.29. The first-order chi connectivity index (χ1) is 11.7. The topological polar surface area (TPSA) is 79.5 Å². The number of aromatic nitrogens is 2. The van der Waals surface area contributed by atoms with Gasteiger partial charge in [0.1, 0.15) is 0 Å². The molecule has 0 aromatic carbocycles. The number of nitrogens with zero attached hydrogens (tertiary/aromatic N) is 4. The summed E-state index contributed by atoms with van der Waals surface area (Å²) in [6.07, 6.45) is 6.18. The van der Waals surface area contributed by atoms with Crippen LogP contribution in [0.3, 0.4) is 0 Å². The van der Waals surface area contributed by atoms with Crippen LogP contribution in [0.25, 0.3) is 0 Å². The Hall–Kier alpha value is -1.92. The van der Waals surface area contributed by atoms with E-state index in [9.17, 15) is 9.59 Å². The second kappa shape index (κ2) is 7.77. The van der Waals surface area contributed by atoms with Gasteiger partial charge in [-0.25, -0.2) is 0 Å². The van der Waals surface area contributed by atoms with Gasteiger partial charge < -0.3 is 14.3 Å². The summed E-state index contributed by atoms with van der Waals surface area (Å²) in [6, 6.07) is 0. The average molecular weight is 334 g/mol. The number of piperidine rings is 1. The summed E-state index contributed by atoms with van der Waals surface area (Å²) in [5, 5.41) is 4.06. The summed E-state index contributed by atoms with van der Waals surface area (Å²) in [5.41, 5.74) is 0. The van der Waals surface area contributed by atoms with Gasteiger partial charge in [-0.05, 0) is 25.7 Å². The fourth-order valence-corrected chi connectivity index (χ4v) is 3.46. The Morgan fingerprint density at radius 1 is 1.25 bits per heavy atom. The number of amides is 2. The molecule has 2 aliphatic heterocycles. The predicted molar refractivity (Wildman–Crippen MR) is 87.3 cm³/mol. The molecule has 0 aliphatic carbocycles. The van der Waals surface area contributed by atoms with Gasteiger partial charge >= 0.3 is 0 Å². The van der Waals surface area contributed by atoms with Crippen LogP contribution < -0.4 is 0 Å². The average Bonchev–Trinajstić information content (AvgIpc) is 3.00. The molecule has 0 spiro atoms. The highest BCUT2D eigenvalue weighted by Crippen LogP contribution is 2.25. The van der Waals surface area contributed by atoms with Gasteiger partial charge in [-0.15, -0.1) is 0 Å². The summed E-state index contributed by atoms with van der Waals surface area (Å²) in [4.78, 5) is 32.7. The molecular weight excluding hydrogens is 308 g/mol. The van der Waals surface area contributed by atoms with Crippen molar-refractivity contribution in [2.45, 2.75) is 57.8 Å². The van der Waals surface area contributed by atoms with Crippen LogP contribution in [0.1, 0.15) is 63.1 Å². The number of carbonyl (C=O) groups excluding carboxylic acids is 2. The van der Waals surface area contributed by atoms with Gasteiger partial charge in [0.15, 0.2) is 5.82 Å². The summed E-state index contributed by atoms with van der Waals surface area (Å²) in [6.45, 7) is 4.25. The van der Waals surface area contributed by atoms with Gasteiger partial charge in [-0.1, -0.05) is 18.5 Å². The molecule has 3 rings (SSSR count). The Balaban J connectivity index is 1.59. The smallest absolute Gasteiger partial charge is 0.242 e. The van der Waals surface area contributed by atoms with Gasteiger partial charge in [-0.2, -0.15) is 4.98 Å². The highest BCUT2D eigenvalue weighted by molar-refractivity contribution is 5.85. The van der Waals surface area contributed by atoms with Gasteiger partial charge in [0.2, 0.25) is 17.7 Å². The van der Waals surface area contributed by atoms with Crippen molar-refractivity contribution in [2.24, 2.45) is 0 Å². The fraction of sp³-hybridized carbons (Fsp3) is 0.765. The zero-order valence-electron chi connectivity index (χ0n) is 14.4. The van der Waals surface area contributed by atoms with E-state index < -0.39 is 0 Å². The molecule has 2 amide bonds. The molecule has 7 nitrogen and oxygen atoms in total. The van der Waals surface area contributed by atoms with Crippen molar-refractivity contribution in [1.82, 2.24) is 19.9 Å². The maximum atomic E-state index is 12.6. The van der Waals surface area contributed by atoms with Gasteiger partial charge in [0.25, 0.3) is 0 Å². The third-order valence-corrected chi connectivity index (χ3v) is 4.92. The second-order valence-electron chi connectivity index (χ2n) is 6.70. The van der Waals surface area contributed by atoms with E-state index in [0.29, 0.717) is 31.2 Å². The first kappa shape index (κ1) is 16.9. The minimum absolute atomic E-state index is 0.0363. The number of likely N-dealkylation sites (tertiary alicyclic amines) is 2. The van der Waals surface area contributed by atoms with Crippen LogP contribution >= 0.6 is 0 Å². The van der Waals surface area contributed by atoms with Gasteiger partial charge in [-0.3, -0.25) is 9.59 Å². The molecule has 3 heterocycles. The quantitative estimate of drug-likeness (QED) is 0.838. The summed E-state index contributed by atoms with van der Waals surface area (Å²) < 4.78 is 5.19. The van der Waals surface area contributed by atoms with Crippen molar-refractivity contribution >= 4 is 11.8 Å². The van der Waals surface area contributed by atoms with Crippen LogP contribution in [0.4, 0.5) is 0 Å². The van der Waals surface area contributed by atoms with Crippen molar-refractivity contribution in [3.8, 4) is 0 Å². The Kier molecular flexibility index (Phi) is 5.48. The summed E-state index contributed by atoms with van der Waals surface area (Å²) in [5.74, 6) is 1.62. The van der Waals surface area contributed by atoms with E-state index >= 15 is 0 Å². The maximum Gasteiger partial charge on any atom is 0.242 e. The van der Waals surface area contributed by atoms with Crippen LogP contribution in [0, 0.1) is 0 Å². The van der Waals surface area contributed by atoms with Crippen molar-refractivity contribution < 1.29 is 14.1 Å². The Bertz CT molecular complexity index is 586. The third-order valence-electron chi connectivity index (χ3n) is 4.92. The SMILES string of the molecule is CCc1nc(C2CCCN(C(=O)CN3CCCCCC3=O)C2)no1. The van der Waals surface area contributed by atoms with E-state index in [0.717, 1.165) is 45.1 Å². The Morgan fingerprint density at radius 2 is 2.12 bits per heavy atom. The standard InChI is InChI=1S/C17H26N4O3/c1-2-14-18-17(19-24-14)13-7-6-10-20(11-13)16(23)12-21-9-5-3-4-8-15(21)22/h13H,2-12H2,1H3. The van der Waals surface area contributed by atoms with Crippen molar-refractivity contribution in [3.63, 3.8) is 0 Å². The normalized spacial score (nSPS) is 22.5. The lowest BCUT2D eigenvalue weighted by molar-refractivity contribution is -0.140. The summed E-state index contributed by atoms with van der Waals surface area (Å²) >= 11 is 0. The minimum Gasteiger partial charge on any atom is -0.340 e. The third kappa shape index (κ3) is 3.94. The number of hydrogen-bond acceptors (Lipinski definition) is 5. The molecule has 0 saturated carbocycles. The zero-order valence-corrected chi connectivity index (χ0v) is 14.4. The number of hydrogen-bond donors (Lipinski definition) is 0. The van der Waals surface area contributed by atoms with Crippen LogP contribution in [-0.4, -0.2) is 57.9 Å². The van der Waals surface area contributed by atoms with Crippen molar-refractivity contribution in [2.75, 3.05) is 26.2 Å². The molecule has 0 radical (unpaired) electrons. The Labute approximate surface area is 142 Å². The lowest BCUT2D eigenvalue weighted by Crippen LogP contribution is -2.46. The number of rotatable bonds is 4. The first-order valence-corrected chi connectivity index (χ1v) is 9.05. The molecule has 1 unspecified atom stereocenters. The summed E-state index contributed by atoms with van der Waals surface area (Å²) in [7, 11) is 0. The molecule has 24 heavy (non-hydrogen) atoms. The van der Waals surface area contributed by atoms with E-state index in [-0.39, 0.29) is 24.3 Å². The largest absolute Gasteiger partial charge is 0.340 e. The van der Waals surface area contributed by atoms with Crippen molar-refractivity contribution in [1.29, 1.82) is 0 Å². The minimum atomic E-state index is 0.0363. The van der Waals surface area contributed by atoms with Crippen LogP contribution in [0.5, 0.6) is 0 Å². The van der Waals surface area contributed by atoms with Crippen LogP contribution in [-0.2, 0) is 16.0 Å². The molecule has 2 saturated heterocycles. The van der Waals surface area contributed by atoms with E-state index in [1.807, 2.05) is 11.8 Å². The van der Waals surface area contributed by atoms with Crippen LogP contribution in [0.2, 0.25) is 0 Å². The molecule has 1 aromatic heterocycles. The van der Waals surface area contributed by atoms with Crippen LogP contribution in [0.15, 0.2) is 4.52 Å². The molecule has 0 N–H and O–H groups in total. The lowest BCUT2D eigenvalue weighted by atomic mass is 9.97. The fourth-order valence-electron chi connectivity index (χ4n) is 3.46. The van der Waals surface area contributed by atoms with Gasteiger partial charge in [0.05, 0.1) is 6.54 Å². The Morgan fingerprint density at radius 3 is 2.92 bits per heavy atom. The predicted octanol–water partition coefficient (Wildman–Crippen LogP) is 1.74. The van der Waals surface area contributed by atoms with E-state index in [2.05, 4.69) is 10.1 Å². The number of aryl methyl sites for hydroxylation is 1. The van der Waals surface area contributed by atoms with Gasteiger partial charge in [0, 0.05) is 38.4 Å². The highest BCUT2D eigenvalue weighted by atomic mass is 16.5. The molecular formula is C17H26N4O3. The molecule has 7 heteroatoms. The monoisotopic (exact) mass is 334 g/mol. The first-order valence-electron chi connectivity index (χ1n) is 9.05. The van der Waals surface area contributed by atoms with E-state index in [1.54, 1.807) is 4.90 Å². The zero-order chi connectivity index (χ0) is 16.9. The molecule has 0 bridgehead atoms.